The summed E-state index contributed by atoms with van der Waals surface area (Å²) in [7, 11) is -0.861. The van der Waals surface area contributed by atoms with E-state index in [9.17, 15) is 0 Å². The maximum absolute atomic E-state index is 3.91. The Kier molecular flexibility index (Phi) is 11.3. The third-order valence-corrected chi connectivity index (χ3v) is 0. The summed E-state index contributed by atoms with van der Waals surface area (Å²) < 4.78 is 0. The van der Waals surface area contributed by atoms with Crippen LogP contribution in [0.4, 0.5) is 0 Å². The molecule has 0 aromatic heterocycles. The Labute approximate surface area is 63.0 Å². The van der Waals surface area contributed by atoms with Gasteiger partial charge in [-0.15, -0.1) is 8.07 Å². The van der Waals surface area contributed by atoms with Gasteiger partial charge in [0, 0.05) is 0 Å². The van der Waals surface area contributed by atoms with E-state index in [1.54, 1.807) is 0 Å². The minimum absolute atomic E-state index is 0. The van der Waals surface area contributed by atoms with Gasteiger partial charge in [-0.1, -0.05) is 19.6 Å². The number of hydrogen-bond acceptors (Lipinski definition) is 0. The SMILES string of the molecule is [CH2-][Si](C)(C)C.[CH3-].[Pt+2]. The van der Waals surface area contributed by atoms with Crippen LogP contribution in [0.2, 0.25) is 19.6 Å². The van der Waals surface area contributed by atoms with Gasteiger partial charge in [-0.05, 0) is 0 Å². The smallest absolute Gasteiger partial charge is 0.358 e. The van der Waals surface area contributed by atoms with Crippen LogP contribution in [0, 0.1) is 14.0 Å². The fraction of sp³-hybridized carbons (Fsp3) is 0.600. The van der Waals surface area contributed by atoms with Crippen LogP contribution in [-0.4, -0.2) is 8.07 Å². The van der Waals surface area contributed by atoms with Crippen molar-refractivity contribution in [1.82, 2.24) is 0 Å². The monoisotopic (exact) mass is 297 g/mol. The third-order valence-electron chi connectivity index (χ3n) is 0. The van der Waals surface area contributed by atoms with Crippen LogP contribution in [-0.2, 0) is 21.1 Å². The fourth-order valence-electron chi connectivity index (χ4n) is 0. The molecule has 0 aliphatic carbocycles. The third kappa shape index (κ3) is 203. The Morgan fingerprint density at radius 2 is 1.14 bits per heavy atom. The van der Waals surface area contributed by atoms with Crippen molar-refractivity contribution < 1.29 is 21.1 Å². The molecular formula is C5H14PtSi. The Hall–Kier alpha value is 0.905. The molecule has 0 radical (unpaired) electrons. The second-order valence-corrected chi connectivity index (χ2v) is 7.68. The second-order valence-electron chi connectivity index (χ2n) is 2.56. The van der Waals surface area contributed by atoms with Crippen LogP contribution < -0.4 is 0 Å². The molecule has 0 spiro atoms. The van der Waals surface area contributed by atoms with Gasteiger partial charge in [-0.2, -0.15) is 0 Å². The van der Waals surface area contributed by atoms with Crippen molar-refractivity contribution in [2.24, 2.45) is 0 Å². The van der Waals surface area contributed by atoms with Crippen molar-refractivity contribution >= 4 is 8.07 Å². The van der Waals surface area contributed by atoms with Crippen molar-refractivity contribution in [3.63, 3.8) is 0 Å². The number of hydrogen-bond donors (Lipinski definition) is 0. The van der Waals surface area contributed by atoms with Gasteiger partial charge in [0.05, 0.1) is 0 Å². The average Bonchev–Trinajstić information content (AvgIpc) is 0.722. The van der Waals surface area contributed by atoms with Gasteiger partial charge in [0.1, 0.15) is 0 Å². The molecule has 7 heavy (non-hydrogen) atoms. The summed E-state index contributed by atoms with van der Waals surface area (Å²) >= 11 is 0. The zero-order chi connectivity index (χ0) is 4.50. The second kappa shape index (κ2) is 5.05. The van der Waals surface area contributed by atoms with Crippen LogP contribution in [0.15, 0.2) is 0 Å². The maximum Gasteiger partial charge on any atom is 2.00 e. The van der Waals surface area contributed by atoms with Gasteiger partial charge < -0.3 is 14.0 Å². The molecule has 0 N–H and O–H groups in total. The molecular weight excluding hydrogens is 283 g/mol. The molecule has 0 rings (SSSR count). The van der Waals surface area contributed by atoms with Crippen molar-refractivity contribution in [1.29, 1.82) is 0 Å². The summed E-state index contributed by atoms with van der Waals surface area (Å²) in [4.78, 5) is 0. The van der Waals surface area contributed by atoms with Crippen molar-refractivity contribution in [2.75, 3.05) is 0 Å². The Balaban J connectivity index is -0.0000000800. The average molecular weight is 297 g/mol. The first-order valence-corrected chi connectivity index (χ1v) is 5.56. The van der Waals surface area contributed by atoms with Crippen LogP contribution in [0.3, 0.4) is 0 Å². The molecule has 0 aromatic carbocycles. The Morgan fingerprint density at radius 3 is 1.14 bits per heavy atom. The molecule has 0 aromatic rings. The summed E-state index contributed by atoms with van der Waals surface area (Å²) in [6.07, 6.45) is 0. The molecule has 48 valence electrons. The van der Waals surface area contributed by atoms with Crippen molar-refractivity contribution in [2.45, 2.75) is 19.6 Å². The van der Waals surface area contributed by atoms with Crippen LogP contribution in [0.1, 0.15) is 0 Å². The Bertz CT molecular complexity index is 23.6. The van der Waals surface area contributed by atoms with E-state index >= 15 is 0 Å². The van der Waals surface area contributed by atoms with Crippen LogP contribution in [0.25, 0.3) is 0 Å². The molecule has 0 atom stereocenters. The molecule has 2 heteroatoms. The zero-order valence-electron chi connectivity index (χ0n) is 5.52. The topological polar surface area (TPSA) is 0 Å². The van der Waals surface area contributed by atoms with E-state index in [4.69, 9.17) is 0 Å². The van der Waals surface area contributed by atoms with Crippen molar-refractivity contribution in [3.05, 3.63) is 14.0 Å². The molecule has 0 heterocycles. The molecule has 0 aliphatic heterocycles. The van der Waals surface area contributed by atoms with Gasteiger partial charge >= 0.3 is 21.1 Å². The van der Waals surface area contributed by atoms with Gasteiger partial charge in [0.15, 0.2) is 0 Å². The van der Waals surface area contributed by atoms with Gasteiger partial charge in [-0.25, -0.2) is 0 Å². The van der Waals surface area contributed by atoms with E-state index in [1.807, 2.05) is 0 Å². The first kappa shape index (κ1) is 15.7. The molecule has 0 fully saturated rings. The Morgan fingerprint density at radius 1 is 1.14 bits per heavy atom. The van der Waals surface area contributed by atoms with Gasteiger partial charge in [0.2, 0.25) is 0 Å². The quantitative estimate of drug-likeness (QED) is 0.475. The summed E-state index contributed by atoms with van der Waals surface area (Å²) in [5.74, 6) is 0. The molecule has 0 unspecified atom stereocenters. The first-order chi connectivity index (χ1) is 2.00. The van der Waals surface area contributed by atoms with Crippen LogP contribution in [0.5, 0.6) is 0 Å². The zero-order valence-corrected chi connectivity index (χ0v) is 8.80. The van der Waals surface area contributed by atoms with Crippen molar-refractivity contribution in [3.8, 4) is 0 Å². The van der Waals surface area contributed by atoms with E-state index in [1.165, 1.54) is 0 Å². The van der Waals surface area contributed by atoms with Gasteiger partial charge in [0.25, 0.3) is 0 Å². The van der Waals surface area contributed by atoms with E-state index in [-0.39, 0.29) is 28.5 Å². The van der Waals surface area contributed by atoms with E-state index in [2.05, 4.69) is 26.2 Å². The largest absolute Gasteiger partial charge is 2.00 e. The molecule has 0 saturated heterocycles. The molecule has 0 nitrogen and oxygen atoms in total. The van der Waals surface area contributed by atoms with E-state index < -0.39 is 8.07 Å². The summed E-state index contributed by atoms with van der Waals surface area (Å²) in [5.41, 5.74) is 0. The standard InChI is InChI=1S/C4H11Si.CH3.Pt/c1-5(2,3)4;;/h1H2,2-4H3;1H3;/q2*-1;+2. The van der Waals surface area contributed by atoms with E-state index in [0.717, 1.165) is 0 Å². The summed E-state index contributed by atoms with van der Waals surface area (Å²) in [6, 6.07) is 0. The predicted octanol–water partition coefficient (Wildman–Crippen LogP) is 2.15. The summed E-state index contributed by atoms with van der Waals surface area (Å²) in [5, 5.41) is 0. The summed E-state index contributed by atoms with van der Waals surface area (Å²) in [6.45, 7) is 10.6. The fourth-order valence-corrected chi connectivity index (χ4v) is 0. The molecule has 0 bridgehead atoms. The number of rotatable bonds is 0. The van der Waals surface area contributed by atoms with E-state index in [0.29, 0.717) is 0 Å². The minimum Gasteiger partial charge on any atom is -0.358 e. The van der Waals surface area contributed by atoms with Gasteiger partial charge in [-0.3, -0.25) is 0 Å². The molecule has 0 saturated carbocycles. The minimum atomic E-state index is -0.861. The molecule has 0 amide bonds. The predicted molar refractivity (Wildman–Crippen MR) is 35.1 cm³/mol. The molecule has 0 aliphatic rings. The first-order valence-electron chi connectivity index (χ1n) is 1.85. The maximum atomic E-state index is 3.91. The van der Waals surface area contributed by atoms with Crippen LogP contribution >= 0.6 is 0 Å². The normalized spacial score (nSPS) is 8.57.